The lowest BCUT2D eigenvalue weighted by molar-refractivity contribution is -0.140. The number of methoxy groups -OCH3 is 2. The van der Waals surface area contributed by atoms with Gasteiger partial charge in [0.15, 0.2) is 17.3 Å². The first-order valence-corrected chi connectivity index (χ1v) is 12.7. The predicted octanol–water partition coefficient (Wildman–Crippen LogP) is 2.80. The Kier molecular flexibility index (Phi) is 7.35. The molecule has 3 aromatic rings. The number of carbonyl (C=O) groups is 2. The van der Waals surface area contributed by atoms with E-state index in [9.17, 15) is 14.7 Å². The summed E-state index contributed by atoms with van der Waals surface area (Å²) in [5.41, 5.74) is 2.24. The fourth-order valence-corrected chi connectivity index (χ4v) is 5.30. The topological polar surface area (TPSA) is 106 Å². The number of aryl methyl sites for hydroxylation is 1. The summed E-state index contributed by atoms with van der Waals surface area (Å²) < 4.78 is 18.0. The smallest absolute Gasteiger partial charge is 0.295 e. The first-order chi connectivity index (χ1) is 18.4. The third kappa shape index (κ3) is 4.61. The van der Waals surface area contributed by atoms with E-state index in [1.54, 1.807) is 47.7 Å². The number of benzene rings is 1. The number of Topliss-reactive ketones (excluding diaryl/α,β-unsaturated/α-hetero) is 1. The summed E-state index contributed by atoms with van der Waals surface area (Å²) in [4.78, 5) is 35.3. The van der Waals surface area contributed by atoms with E-state index in [0.29, 0.717) is 60.3 Å². The number of ketones is 1. The number of aliphatic hydroxyl groups is 1. The zero-order valence-electron chi connectivity index (χ0n) is 21.8. The van der Waals surface area contributed by atoms with Crippen LogP contribution in [0, 0.1) is 6.92 Å². The number of ether oxygens (including phenoxy) is 3. The Labute approximate surface area is 221 Å². The summed E-state index contributed by atoms with van der Waals surface area (Å²) in [5, 5.41) is 11.6. The highest BCUT2D eigenvalue weighted by Gasteiger charge is 2.46. The summed E-state index contributed by atoms with van der Waals surface area (Å²) in [6.45, 7) is 5.95. The monoisotopic (exact) mass is 520 g/mol. The molecule has 10 heteroatoms. The van der Waals surface area contributed by atoms with Crippen LogP contribution in [0.2, 0.25) is 0 Å². The second-order valence-electron chi connectivity index (χ2n) is 9.39. The highest BCUT2D eigenvalue weighted by atomic mass is 16.5. The van der Waals surface area contributed by atoms with Gasteiger partial charge in [0.25, 0.3) is 11.7 Å². The zero-order valence-corrected chi connectivity index (χ0v) is 21.8. The molecule has 2 fully saturated rings. The largest absolute Gasteiger partial charge is 0.505 e. The van der Waals surface area contributed by atoms with Gasteiger partial charge in [-0.25, -0.2) is 4.98 Å². The van der Waals surface area contributed by atoms with Gasteiger partial charge in [0.2, 0.25) is 0 Å². The minimum atomic E-state index is -0.798. The molecule has 0 spiro atoms. The predicted molar refractivity (Wildman–Crippen MR) is 140 cm³/mol. The number of hydrogen-bond acceptors (Lipinski definition) is 8. The maximum Gasteiger partial charge on any atom is 0.295 e. The maximum absolute atomic E-state index is 13.5. The van der Waals surface area contributed by atoms with Gasteiger partial charge in [0.05, 0.1) is 44.7 Å². The third-order valence-corrected chi connectivity index (χ3v) is 7.17. The number of amides is 1. The molecule has 2 saturated heterocycles. The molecule has 0 unspecified atom stereocenters. The molecular formula is C28H32N4O6. The van der Waals surface area contributed by atoms with Gasteiger partial charge in [-0.2, -0.15) is 0 Å². The van der Waals surface area contributed by atoms with Crippen molar-refractivity contribution >= 4 is 23.1 Å². The molecule has 2 aromatic heterocycles. The van der Waals surface area contributed by atoms with Crippen LogP contribution in [0.5, 0.6) is 11.5 Å². The standard InChI is InChI=1S/C28H32N4O6/c1-18-24(31-11-5-4-7-22(31)29-18)26(33)23-25(19-8-9-20(36-2)21(17-19)37-3)32(28(35)27(23)34)12-6-10-30-13-15-38-16-14-30/h4-5,7-9,11,17,25,33H,6,10,12-16H2,1-3H3/b26-23+/t25-/m0/s1. The quantitative estimate of drug-likeness (QED) is 0.275. The van der Waals surface area contributed by atoms with Crippen molar-refractivity contribution in [2.75, 3.05) is 53.6 Å². The lowest BCUT2D eigenvalue weighted by atomic mass is 9.95. The fraction of sp³-hybridized carbons (Fsp3) is 0.393. The van der Waals surface area contributed by atoms with Crippen LogP contribution in [-0.4, -0.2) is 89.6 Å². The van der Waals surface area contributed by atoms with Crippen LogP contribution in [0.4, 0.5) is 0 Å². The fourth-order valence-electron chi connectivity index (χ4n) is 5.30. The first kappa shape index (κ1) is 25.7. The van der Waals surface area contributed by atoms with Crippen molar-refractivity contribution in [1.82, 2.24) is 19.2 Å². The maximum atomic E-state index is 13.5. The van der Waals surface area contributed by atoms with E-state index in [1.807, 2.05) is 18.2 Å². The van der Waals surface area contributed by atoms with Gasteiger partial charge in [-0.15, -0.1) is 0 Å². The zero-order chi connectivity index (χ0) is 26.8. The molecule has 1 amide bonds. The number of fused-ring (bicyclic) bond motifs is 1. The van der Waals surface area contributed by atoms with Gasteiger partial charge in [-0.3, -0.25) is 18.9 Å². The number of rotatable bonds is 8. The number of aromatic nitrogens is 2. The Morgan fingerprint density at radius 1 is 1.08 bits per heavy atom. The van der Waals surface area contributed by atoms with Gasteiger partial charge in [0, 0.05) is 32.4 Å². The molecule has 38 heavy (non-hydrogen) atoms. The number of morpholine rings is 1. The van der Waals surface area contributed by atoms with Crippen molar-refractivity contribution < 1.29 is 28.9 Å². The minimum Gasteiger partial charge on any atom is -0.505 e. The Hall–Kier alpha value is -3.89. The van der Waals surface area contributed by atoms with Gasteiger partial charge >= 0.3 is 0 Å². The molecule has 4 heterocycles. The van der Waals surface area contributed by atoms with E-state index in [0.717, 1.165) is 19.6 Å². The molecule has 1 aromatic carbocycles. The number of hydrogen-bond donors (Lipinski definition) is 1. The normalized spacial score (nSPS) is 19.9. The van der Waals surface area contributed by atoms with Gasteiger partial charge in [-0.05, 0) is 43.2 Å². The molecule has 2 aliphatic heterocycles. The van der Waals surface area contributed by atoms with Crippen LogP contribution in [0.3, 0.4) is 0 Å². The van der Waals surface area contributed by atoms with Crippen LogP contribution in [0.1, 0.15) is 29.4 Å². The molecule has 2 aliphatic rings. The highest BCUT2D eigenvalue weighted by Crippen LogP contribution is 2.42. The Bertz CT molecular complexity index is 1390. The van der Waals surface area contributed by atoms with Crippen LogP contribution < -0.4 is 9.47 Å². The molecule has 0 bridgehead atoms. The Balaban J connectivity index is 1.58. The van der Waals surface area contributed by atoms with E-state index in [1.165, 1.54) is 7.11 Å². The summed E-state index contributed by atoms with van der Waals surface area (Å²) in [6.07, 6.45) is 2.44. The lowest BCUT2D eigenvalue weighted by Crippen LogP contribution is -2.39. The second-order valence-corrected chi connectivity index (χ2v) is 9.39. The van der Waals surface area contributed by atoms with E-state index < -0.39 is 17.7 Å². The van der Waals surface area contributed by atoms with E-state index >= 15 is 0 Å². The van der Waals surface area contributed by atoms with Crippen molar-refractivity contribution in [3.05, 3.63) is 65.1 Å². The average Bonchev–Trinajstić information content (AvgIpc) is 3.41. The van der Waals surface area contributed by atoms with Crippen molar-refractivity contribution in [1.29, 1.82) is 0 Å². The molecule has 1 N–H and O–H groups in total. The van der Waals surface area contributed by atoms with Gasteiger partial charge in [-0.1, -0.05) is 12.1 Å². The van der Waals surface area contributed by atoms with E-state index in [2.05, 4.69) is 9.88 Å². The van der Waals surface area contributed by atoms with E-state index in [-0.39, 0.29) is 11.3 Å². The van der Waals surface area contributed by atoms with Crippen molar-refractivity contribution in [3.8, 4) is 11.5 Å². The average molecular weight is 521 g/mol. The number of likely N-dealkylation sites (tertiary alicyclic amines) is 1. The van der Waals surface area contributed by atoms with E-state index in [4.69, 9.17) is 14.2 Å². The number of pyridine rings is 1. The van der Waals surface area contributed by atoms with Crippen LogP contribution >= 0.6 is 0 Å². The molecule has 10 nitrogen and oxygen atoms in total. The molecule has 5 rings (SSSR count). The lowest BCUT2D eigenvalue weighted by Gasteiger charge is -2.29. The second kappa shape index (κ2) is 10.8. The Morgan fingerprint density at radius 3 is 2.58 bits per heavy atom. The van der Waals surface area contributed by atoms with Crippen molar-refractivity contribution in [3.63, 3.8) is 0 Å². The minimum absolute atomic E-state index is 0.0299. The number of carbonyl (C=O) groups excluding carboxylic acids is 2. The van der Waals surface area contributed by atoms with Crippen molar-refractivity contribution in [2.24, 2.45) is 0 Å². The molecule has 200 valence electrons. The molecule has 0 saturated carbocycles. The molecule has 1 atom stereocenters. The van der Waals surface area contributed by atoms with Crippen LogP contribution in [0.25, 0.3) is 11.4 Å². The third-order valence-electron chi connectivity index (χ3n) is 7.17. The SMILES string of the molecule is COc1ccc([C@H]2/C(=C(\O)c3c(C)nc4ccccn34)C(=O)C(=O)N2CCCN2CCOCC2)cc1OC. The van der Waals surface area contributed by atoms with Gasteiger partial charge < -0.3 is 24.2 Å². The summed E-state index contributed by atoms with van der Waals surface area (Å²) >= 11 is 0. The van der Waals surface area contributed by atoms with Gasteiger partial charge in [0.1, 0.15) is 11.3 Å². The molecule has 0 radical (unpaired) electrons. The number of aliphatic hydroxyl groups excluding tert-OH is 1. The summed E-state index contributed by atoms with van der Waals surface area (Å²) in [5.74, 6) is -0.623. The molecular weight excluding hydrogens is 488 g/mol. The first-order valence-electron chi connectivity index (χ1n) is 12.7. The number of imidazole rings is 1. The van der Waals surface area contributed by atoms with Crippen LogP contribution in [-0.2, 0) is 14.3 Å². The van der Waals surface area contributed by atoms with Crippen LogP contribution in [0.15, 0.2) is 48.2 Å². The van der Waals surface area contributed by atoms with Crippen molar-refractivity contribution in [2.45, 2.75) is 19.4 Å². The number of nitrogens with zero attached hydrogens (tertiary/aromatic N) is 4. The Morgan fingerprint density at radius 2 is 1.84 bits per heavy atom. The highest BCUT2D eigenvalue weighted by molar-refractivity contribution is 6.46. The summed E-state index contributed by atoms with van der Waals surface area (Å²) in [7, 11) is 3.07. The molecule has 0 aliphatic carbocycles. The summed E-state index contributed by atoms with van der Waals surface area (Å²) in [6, 6.07) is 9.97.